The van der Waals surface area contributed by atoms with Crippen molar-refractivity contribution in [2.75, 3.05) is 12.4 Å². The first-order valence-electron chi connectivity index (χ1n) is 7.66. The van der Waals surface area contributed by atoms with Gasteiger partial charge in [0.2, 0.25) is 17.6 Å². The molecule has 3 rings (SSSR count). The molecule has 3 aromatic rings. The Morgan fingerprint density at radius 1 is 1.24 bits per heavy atom. The van der Waals surface area contributed by atoms with Crippen LogP contribution in [0.25, 0.3) is 11.4 Å². The summed E-state index contributed by atoms with van der Waals surface area (Å²) in [7, 11) is 1.61. The van der Waals surface area contributed by atoms with Crippen LogP contribution in [0.1, 0.15) is 12.3 Å². The van der Waals surface area contributed by atoms with Crippen LogP contribution in [-0.4, -0.2) is 23.2 Å². The molecule has 0 atom stereocenters. The number of amides is 1. The second-order valence-corrected chi connectivity index (χ2v) is 6.21. The number of rotatable bonds is 6. The molecular formula is C18H16BrN3O3. The minimum atomic E-state index is -0.109. The molecule has 0 fully saturated rings. The number of carbonyl (C=O) groups is 1. The molecule has 0 unspecified atom stereocenters. The summed E-state index contributed by atoms with van der Waals surface area (Å²) >= 11 is 3.37. The number of hydrogen-bond donors (Lipinski definition) is 1. The van der Waals surface area contributed by atoms with E-state index in [0.29, 0.717) is 18.1 Å². The number of ether oxygens (including phenoxy) is 1. The fraction of sp³-hybridized carbons (Fsp3) is 0.167. The Hall–Kier alpha value is -2.67. The molecule has 0 bridgehead atoms. The summed E-state index contributed by atoms with van der Waals surface area (Å²) in [6.07, 6.45) is 0.639. The van der Waals surface area contributed by atoms with Crippen LogP contribution in [0.2, 0.25) is 0 Å². The van der Waals surface area contributed by atoms with Crippen LogP contribution in [0.5, 0.6) is 5.75 Å². The molecule has 2 aromatic carbocycles. The summed E-state index contributed by atoms with van der Waals surface area (Å²) < 4.78 is 11.2. The van der Waals surface area contributed by atoms with Crippen molar-refractivity contribution in [1.82, 2.24) is 10.1 Å². The van der Waals surface area contributed by atoms with Crippen LogP contribution in [0.15, 0.2) is 57.5 Å². The summed E-state index contributed by atoms with van der Waals surface area (Å²) in [5, 5.41) is 6.78. The van der Waals surface area contributed by atoms with Gasteiger partial charge in [-0.3, -0.25) is 4.79 Å². The number of aromatic nitrogens is 2. The number of nitrogens with one attached hydrogen (secondary N) is 1. The van der Waals surface area contributed by atoms with Gasteiger partial charge >= 0.3 is 0 Å². The lowest BCUT2D eigenvalue weighted by Gasteiger charge is -2.04. The van der Waals surface area contributed by atoms with Crippen LogP contribution >= 0.6 is 15.9 Å². The average Bonchev–Trinajstić information content (AvgIpc) is 3.09. The third-order valence-corrected chi connectivity index (χ3v) is 3.98. The van der Waals surface area contributed by atoms with Crippen LogP contribution in [0.3, 0.4) is 0 Å². The van der Waals surface area contributed by atoms with E-state index in [-0.39, 0.29) is 12.3 Å². The lowest BCUT2D eigenvalue weighted by Crippen LogP contribution is -2.12. The summed E-state index contributed by atoms with van der Waals surface area (Å²) in [6, 6.07) is 14.8. The molecule has 0 saturated carbocycles. The van der Waals surface area contributed by atoms with Crippen molar-refractivity contribution in [3.05, 3.63) is 58.9 Å². The number of hydrogen-bond acceptors (Lipinski definition) is 5. The summed E-state index contributed by atoms with van der Waals surface area (Å²) in [5.74, 6) is 1.57. The van der Waals surface area contributed by atoms with Crippen LogP contribution in [-0.2, 0) is 11.2 Å². The molecule has 0 aliphatic rings. The number of benzene rings is 2. The molecule has 0 aliphatic carbocycles. The second kappa shape index (κ2) is 7.94. The zero-order chi connectivity index (χ0) is 17.6. The zero-order valence-corrected chi connectivity index (χ0v) is 15.1. The first kappa shape index (κ1) is 17.2. The predicted molar refractivity (Wildman–Crippen MR) is 97.4 cm³/mol. The topological polar surface area (TPSA) is 77.2 Å². The SMILES string of the molecule is COc1ccc(-c2noc(CCC(=O)Nc3cccc(Br)c3)n2)cc1. The Balaban J connectivity index is 1.56. The molecule has 1 amide bonds. The number of aryl methyl sites for hydroxylation is 1. The van der Waals surface area contributed by atoms with Crippen molar-refractivity contribution in [2.24, 2.45) is 0 Å². The smallest absolute Gasteiger partial charge is 0.227 e. The highest BCUT2D eigenvalue weighted by Crippen LogP contribution is 2.20. The van der Waals surface area contributed by atoms with Crippen LogP contribution < -0.4 is 10.1 Å². The van der Waals surface area contributed by atoms with Gasteiger partial charge in [-0.05, 0) is 42.5 Å². The average molecular weight is 402 g/mol. The number of anilines is 1. The second-order valence-electron chi connectivity index (χ2n) is 5.30. The first-order chi connectivity index (χ1) is 12.1. The van der Waals surface area contributed by atoms with Gasteiger partial charge in [0.05, 0.1) is 7.11 Å². The minimum absolute atomic E-state index is 0.109. The molecule has 128 valence electrons. The maximum absolute atomic E-state index is 12.0. The number of nitrogens with zero attached hydrogens (tertiary/aromatic N) is 2. The Morgan fingerprint density at radius 3 is 2.76 bits per heavy atom. The van der Waals surface area contributed by atoms with Crippen molar-refractivity contribution >= 4 is 27.5 Å². The quantitative estimate of drug-likeness (QED) is 0.673. The third-order valence-electron chi connectivity index (χ3n) is 3.49. The van der Waals surface area contributed by atoms with E-state index in [1.807, 2.05) is 48.5 Å². The van der Waals surface area contributed by atoms with E-state index in [0.717, 1.165) is 21.5 Å². The molecule has 0 radical (unpaired) electrons. The molecule has 7 heteroatoms. The van der Waals surface area contributed by atoms with Gasteiger partial charge in [0.15, 0.2) is 0 Å². The molecular weight excluding hydrogens is 386 g/mol. The van der Waals surface area contributed by atoms with Crippen molar-refractivity contribution < 1.29 is 14.1 Å². The highest BCUT2D eigenvalue weighted by Gasteiger charge is 2.11. The summed E-state index contributed by atoms with van der Waals surface area (Å²) in [5.41, 5.74) is 1.57. The van der Waals surface area contributed by atoms with Gasteiger partial charge in [-0.25, -0.2) is 0 Å². The van der Waals surface area contributed by atoms with Crippen LogP contribution in [0, 0.1) is 0 Å². The monoisotopic (exact) mass is 401 g/mol. The van der Waals surface area contributed by atoms with E-state index in [1.165, 1.54) is 0 Å². The predicted octanol–water partition coefficient (Wildman–Crippen LogP) is 4.08. The molecule has 1 N–H and O–H groups in total. The van der Waals surface area contributed by atoms with E-state index in [4.69, 9.17) is 9.26 Å². The first-order valence-corrected chi connectivity index (χ1v) is 8.46. The summed E-state index contributed by atoms with van der Waals surface area (Å²) in [4.78, 5) is 16.3. The molecule has 0 aliphatic heterocycles. The maximum atomic E-state index is 12.0. The maximum Gasteiger partial charge on any atom is 0.227 e. The highest BCUT2D eigenvalue weighted by molar-refractivity contribution is 9.10. The van der Waals surface area contributed by atoms with E-state index in [1.54, 1.807) is 7.11 Å². The van der Waals surface area contributed by atoms with Crippen molar-refractivity contribution in [3.63, 3.8) is 0 Å². The lowest BCUT2D eigenvalue weighted by molar-refractivity contribution is -0.116. The van der Waals surface area contributed by atoms with Crippen molar-refractivity contribution in [3.8, 4) is 17.1 Å². The van der Waals surface area contributed by atoms with Crippen LogP contribution in [0.4, 0.5) is 5.69 Å². The largest absolute Gasteiger partial charge is 0.497 e. The number of carbonyl (C=O) groups excluding carboxylic acids is 1. The van der Waals surface area contributed by atoms with Gasteiger partial charge in [0.25, 0.3) is 0 Å². The molecule has 25 heavy (non-hydrogen) atoms. The normalized spacial score (nSPS) is 10.5. The summed E-state index contributed by atoms with van der Waals surface area (Å²) in [6.45, 7) is 0. The Kier molecular flexibility index (Phi) is 5.45. The minimum Gasteiger partial charge on any atom is -0.497 e. The van der Waals surface area contributed by atoms with Gasteiger partial charge in [0.1, 0.15) is 5.75 Å². The number of methoxy groups -OCH3 is 1. The lowest BCUT2D eigenvalue weighted by atomic mass is 10.2. The Labute approximate surface area is 153 Å². The van der Waals surface area contributed by atoms with Gasteiger partial charge in [-0.2, -0.15) is 4.98 Å². The van der Waals surface area contributed by atoms with Gasteiger partial charge in [-0.15, -0.1) is 0 Å². The molecule has 1 aromatic heterocycles. The van der Waals surface area contributed by atoms with Crippen molar-refractivity contribution in [2.45, 2.75) is 12.8 Å². The van der Waals surface area contributed by atoms with Gasteiger partial charge < -0.3 is 14.6 Å². The molecule has 6 nitrogen and oxygen atoms in total. The highest BCUT2D eigenvalue weighted by atomic mass is 79.9. The van der Waals surface area contributed by atoms with Gasteiger partial charge in [0, 0.05) is 28.6 Å². The fourth-order valence-electron chi connectivity index (χ4n) is 2.22. The fourth-order valence-corrected chi connectivity index (χ4v) is 2.62. The molecule has 0 saturated heterocycles. The van der Waals surface area contributed by atoms with E-state index < -0.39 is 0 Å². The standard InChI is InChI=1S/C18H16BrN3O3/c1-24-15-7-5-12(6-8-15)18-21-17(25-22-18)10-9-16(23)20-14-4-2-3-13(19)11-14/h2-8,11H,9-10H2,1H3,(H,20,23). The Morgan fingerprint density at radius 2 is 2.04 bits per heavy atom. The Bertz CT molecular complexity index is 862. The third kappa shape index (κ3) is 4.67. The zero-order valence-electron chi connectivity index (χ0n) is 13.5. The molecule has 1 heterocycles. The van der Waals surface area contributed by atoms with E-state index >= 15 is 0 Å². The van der Waals surface area contributed by atoms with E-state index in [2.05, 4.69) is 31.4 Å². The van der Waals surface area contributed by atoms with Gasteiger partial charge in [-0.1, -0.05) is 27.2 Å². The van der Waals surface area contributed by atoms with Crippen molar-refractivity contribution in [1.29, 1.82) is 0 Å². The van der Waals surface area contributed by atoms with E-state index in [9.17, 15) is 4.79 Å². The number of halogens is 1. The molecule has 0 spiro atoms.